The fourth-order valence-corrected chi connectivity index (χ4v) is 3.61. The van der Waals surface area contributed by atoms with E-state index < -0.39 is 0 Å². The number of hydrogen-bond acceptors (Lipinski definition) is 4. The van der Waals surface area contributed by atoms with Crippen LogP contribution < -0.4 is 10.1 Å². The Hall–Kier alpha value is -2.79. The van der Waals surface area contributed by atoms with Gasteiger partial charge >= 0.3 is 0 Å². The summed E-state index contributed by atoms with van der Waals surface area (Å²) in [7, 11) is 0. The third-order valence-electron chi connectivity index (χ3n) is 5.04. The Labute approximate surface area is 158 Å². The molecule has 1 aliphatic rings. The summed E-state index contributed by atoms with van der Waals surface area (Å²) in [5, 5.41) is 5.24. The van der Waals surface area contributed by atoms with Crippen molar-refractivity contribution in [1.82, 2.24) is 10.2 Å². The molecule has 1 aliphatic heterocycles. The van der Waals surface area contributed by atoms with Gasteiger partial charge in [0.1, 0.15) is 11.5 Å². The van der Waals surface area contributed by atoms with Crippen LogP contribution in [0.25, 0.3) is 10.8 Å². The predicted octanol–water partition coefficient (Wildman–Crippen LogP) is 3.76. The maximum Gasteiger partial charge on any atom is 0.258 e. The Bertz CT molecular complexity index is 885. The number of nitrogens with zero attached hydrogens (tertiary/aromatic N) is 1. The molecule has 1 fully saturated rings. The SMILES string of the molecule is O=C(COc1ccc2ccccc2c1)NC[C@H](c1ccco1)N1CCCC1. The Morgan fingerprint density at radius 2 is 1.89 bits per heavy atom. The Balaban J connectivity index is 1.32. The Kier molecular flexibility index (Phi) is 5.39. The van der Waals surface area contributed by atoms with Crippen molar-refractivity contribution in [3.8, 4) is 5.75 Å². The first kappa shape index (κ1) is 17.6. The molecule has 0 saturated carbocycles. The molecule has 0 unspecified atom stereocenters. The highest BCUT2D eigenvalue weighted by molar-refractivity contribution is 5.84. The van der Waals surface area contributed by atoms with Gasteiger partial charge in [-0.1, -0.05) is 30.3 Å². The first-order valence-electron chi connectivity index (χ1n) is 9.45. The standard InChI is InChI=1S/C22H24N2O3/c25-22(16-27-19-10-9-17-6-1-2-7-18(17)14-19)23-15-20(21-8-5-13-26-21)24-11-3-4-12-24/h1-2,5-10,13-14,20H,3-4,11-12,15-16H2,(H,23,25)/t20-/m1/s1. The van der Waals surface area contributed by atoms with Crippen LogP contribution in [-0.4, -0.2) is 37.0 Å². The van der Waals surface area contributed by atoms with Crippen LogP contribution in [0.1, 0.15) is 24.6 Å². The normalized spacial score (nSPS) is 15.7. The van der Waals surface area contributed by atoms with Gasteiger partial charge in [-0.15, -0.1) is 0 Å². The average molecular weight is 364 g/mol. The number of ether oxygens (including phenoxy) is 1. The van der Waals surface area contributed by atoms with Crippen LogP contribution in [0.2, 0.25) is 0 Å². The number of hydrogen-bond donors (Lipinski definition) is 1. The van der Waals surface area contributed by atoms with E-state index in [1.165, 1.54) is 12.8 Å². The van der Waals surface area contributed by atoms with Gasteiger partial charge < -0.3 is 14.5 Å². The maximum absolute atomic E-state index is 12.3. The molecule has 4 rings (SSSR count). The molecule has 0 spiro atoms. The number of carbonyl (C=O) groups excluding carboxylic acids is 1. The lowest BCUT2D eigenvalue weighted by Crippen LogP contribution is -2.38. The Morgan fingerprint density at radius 3 is 2.67 bits per heavy atom. The van der Waals surface area contributed by atoms with Crippen molar-refractivity contribution in [2.24, 2.45) is 0 Å². The molecule has 0 radical (unpaired) electrons. The second kappa shape index (κ2) is 8.27. The minimum Gasteiger partial charge on any atom is -0.484 e. The lowest BCUT2D eigenvalue weighted by Gasteiger charge is -2.26. The number of furan rings is 1. The van der Waals surface area contributed by atoms with Crippen LogP contribution in [0.15, 0.2) is 65.3 Å². The van der Waals surface area contributed by atoms with Gasteiger partial charge in [-0.2, -0.15) is 0 Å². The monoisotopic (exact) mass is 364 g/mol. The highest BCUT2D eigenvalue weighted by atomic mass is 16.5. The smallest absolute Gasteiger partial charge is 0.258 e. The number of carbonyl (C=O) groups is 1. The topological polar surface area (TPSA) is 54.7 Å². The number of nitrogens with one attached hydrogen (secondary N) is 1. The molecular formula is C22H24N2O3. The van der Waals surface area contributed by atoms with Gasteiger partial charge in [0, 0.05) is 6.54 Å². The molecule has 140 valence electrons. The minimum absolute atomic E-state index is 0.00319. The lowest BCUT2D eigenvalue weighted by molar-refractivity contribution is -0.123. The van der Waals surface area contributed by atoms with E-state index in [-0.39, 0.29) is 18.6 Å². The fraction of sp³-hybridized carbons (Fsp3) is 0.318. The second-order valence-electron chi connectivity index (χ2n) is 6.88. The van der Waals surface area contributed by atoms with E-state index in [0.717, 1.165) is 29.6 Å². The third-order valence-corrected chi connectivity index (χ3v) is 5.04. The van der Waals surface area contributed by atoms with Crippen LogP contribution in [0.5, 0.6) is 5.75 Å². The molecule has 1 atom stereocenters. The summed E-state index contributed by atoms with van der Waals surface area (Å²) in [4.78, 5) is 14.6. The van der Waals surface area contributed by atoms with Gasteiger partial charge in [0.05, 0.1) is 12.3 Å². The molecule has 0 bridgehead atoms. The van der Waals surface area contributed by atoms with E-state index in [0.29, 0.717) is 12.3 Å². The predicted molar refractivity (Wildman–Crippen MR) is 105 cm³/mol. The largest absolute Gasteiger partial charge is 0.484 e. The highest BCUT2D eigenvalue weighted by Gasteiger charge is 2.25. The molecule has 3 aromatic rings. The van der Waals surface area contributed by atoms with Crippen molar-refractivity contribution < 1.29 is 13.9 Å². The fourth-order valence-electron chi connectivity index (χ4n) is 3.61. The minimum atomic E-state index is -0.126. The van der Waals surface area contributed by atoms with Gasteiger partial charge in [-0.05, 0) is 61.0 Å². The van der Waals surface area contributed by atoms with Crippen molar-refractivity contribution in [3.05, 3.63) is 66.6 Å². The molecule has 1 aromatic heterocycles. The maximum atomic E-state index is 12.3. The molecule has 2 aromatic carbocycles. The van der Waals surface area contributed by atoms with Crippen molar-refractivity contribution in [2.45, 2.75) is 18.9 Å². The number of likely N-dealkylation sites (tertiary alicyclic amines) is 1. The summed E-state index contributed by atoms with van der Waals surface area (Å²) in [6.45, 7) is 2.60. The summed E-state index contributed by atoms with van der Waals surface area (Å²) < 4.78 is 11.3. The van der Waals surface area contributed by atoms with E-state index in [2.05, 4.69) is 16.3 Å². The van der Waals surface area contributed by atoms with Gasteiger partial charge in [-0.25, -0.2) is 0 Å². The van der Waals surface area contributed by atoms with Crippen LogP contribution in [-0.2, 0) is 4.79 Å². The molecule has 0 aliphatic carbocycles. The van der Waals surface area contributed by atoms with Crippen LogP contribution in [0.3, 0.4) is 0 Å². The molecule has 27 heavy (non-hydrogen) atoms. The van der Waals surface area contributed by atoms with E-state index in [1.807, 2.05) is 48.5 Å². The summed E-state index contributed by atoms with van der Waals surface area (Å²) in [6.07, 6.45) is 4.07. The second-order valence-corrected chi connectivity index (χ2v) is 6.88. The molecular weight excluding hydrogens is 340 g/mol. The molecule has 1 N–H and O–H groups in total. The van der Waals surface area contributed by atoms with E-state index >= 15 is 0 Å². The highest BCUT2D eigenvalue weighted by Crippen LogP contribution is 2.25. The van der Waals surface area contributed by atoms with Crippen LogP contribution in [0, 0.1) is 0 Å². The van der Waals surface area contributed by atoms with Crippen molar-refractivity contribution >= 4 is 16.7 Å². The van der Waals surface area contributed by atoms with Crippen molar-refractivity contribution in [3.63, 3.8) is 0 Å². The first-order chi connectivity index (χ1) is 13.3. The van der Waals surface area contributed by atoms with Gasteiger partial charge in [0.25, 0.3) is 5.91 Å². The van der Waals surface area contributed by atoms with E-state index in [9.17, 15) is 4.79 Å². The average Bonchev–Trinajstić information content (AvgIpc) is 3.41. The zero-order chi connectivity index (χ0) is 18.5. The van der Waals surface area contributed by atoms with E-state index in [1.54, 1.807) is 6.26 Å². The lowest BCUT2D eigenvalue weighted by atomic mass is 10.1. The molecule has 1 saturated heterocycles. The summed E-state index contributed by atoms with van der Waals surface area (Å²) in [5.41, 5.74) is 0. The first-order valence-corrected chi connectivity index (χ1v) is 9.45. The zero-order valence-corrected chi connectivity index (χ0v) is 15.3. The van der Waals surface area contributed by atoms with Crippen LogP contribution >= 0.6 is 0 Å². The quantitative estimate of drug-likeness (QED) is 0.693. The third kappa shape index (κ3) is 4.31. The summed E-state index contributed by atoms with van der Waals surface area (Å²) in [6, 6.07) is 17.9. The molecule has 5 nitrogen and oxygen atoms in total. The van der Waals surface area contributed by atoms with Crippen molar-refractivity contribution in [2.75, 3.05) is 26.2 Å². The van der Waals surface area contributed by atoms with Crippen LogP contribution in [0.4, 0.5) is 0 Å². The van der Waals surface area contributed by atoms with Gasteiger partial charge in [0.2, 0.25) is 0 Å². The molecule has 1 amide bonds. The van der Waals surface area contributed by atoms with Gasteiger partial charge in [0.15, 0.2) is 6.61 Å². The zero-order valence-electron chi connectivity index (χ0n) is 15.3. The van der Waals surface area contributed by atoms with E-state index in [4.69, 9.17) is 9.15 Å². The number of amides is 1. The summed E-state index contributed by atoms with van der Waals surface area (Å²) in [5.74, 6) is 1.47. The Morgan fingerprint density at radius 1 is 1.07 bits per heavy atom. The molecule has 2 heterocycles. The number of benzene rings is 2. The summed E-state index contributed by atoms with van der Waals surface area (Å²) >= 11 is 0. The molecule has 5 heteroatoms. The van der Waals surface area contributed by atoms with Crippen molar-refractivity contribution in [1.29, 1.82) is 0 Å². The van der Waals surface area contributed by atoms with Gasteiger partial charge in [-0.3, -0.25) is 9.69 Å². The number of fused-ring (bicyclic) bond motifs is 1. The number of rotatable bonds is 7.